The van der Waals surface area contributed by atoms with Crippen LogP contribution in [0, 0.1) is 5.92 Å². The Morgan fingerprint density at radius 1 is 1.06 bits per heavy atom. The van der Waals surface area contributed by atoms with Crippen LogP contribution in [-0.2, 0) is 4.79 Å². The van der Waals surface area contributed by atoms with Crippen LogP contribution in [0.15, 0.2) is 42.5 Å². The van der Waals surface area contributed by atoms with E-state index in [2.05, 4.69) is 5.32 Å². The van der Waals surface area contributed by atoms with Gasteiger partial charge in [-0.25, -0.2) is 4.79 Å². The van der Waals surface area contributed by atoms with Crippen molar-refractivity contribution >= 4 is 40.7 Å². The minimum absolute atomic E-state index is 0.0144. The number of hydrogen-bond donors (Lipinski definition) is 1. The van der Waals surface area contributed by atoms with Gasteiger partial charge < -0.3 is 15.0 Å². The number of piperidine rings is 1. The first kappa shape index (κ1) is 22.1. The lowest BCUT2D eigenvalue weighted by Gasteiger charge is -2.39. The molecule has 1 N–H and O–H groups in total. The SMILES string of the molecule is CC(=O)c1ccc(NC(=O)C2CCN(C(=O)N3CC(C)Oc4ccc(Cl)cc43)CC2)cc1. The molecule has 4 rings (SSSR count). The van der Waals surface area contributed by atoms with E-state index in [1.807, 2.05) is 6.92 Å². The number of urea groups is 1. The Kier molecular flexibility index (Phi) is 6.37. The van der Waals surface area contributed by atoms with Crippen LogP contribution in [0.4, 0.5) is 16.2 Å². The van der Waals surface area contributed by atoms with E-state index >= 15 is 0 Å². The Morgan fingerprint density at radius 3 is 2.41 bits per heavy atom. The lowest BCUT2D eigenvalue weighted by atomic mass is 9.96. The number of amides is 3. The molecule has 2 aromatic carbocycles. The van der Waals surface area contributed by atoms with Crippen molar-refractivity contribution < 1.29 is 19.1 Å². The molecule has 2 heterocycles. The summed E-state index contributed by atoms with van der Waals surface area (Å²) >= 11 is 6.15. The zero-order valence-corrected chi connectivity index (χ0v) is 18.9. The molecule has 0 saturated carbocycles. The van der Waals surface area contributed by atoms with E-state index < -0.39 is 0 Å². The van der Waals surface area contributed by atoms with Crippen molar-refractivity contribution in [1.29, 1.82) is 0 Å². The normalized spacial score (nSPS) is 18.5. The largest absolute Gasteiger partial charge is 0.487 e. The number of fused-ring (bicyclic) bond motifs is 1. The van der Waals surface area contributed by atoms with Gasteiger partial charge in [0.15, 0.2) is 5.78 Å². The molecule has 0 aromatic heterocycles. The summed E-state index contributed by atoms with van der Waals surface area (Å²) in [6, 6.07) is 12.1. The summed E-state index contributed by atoms with van der Waals surface area (Å²) in [5.74, 6) is 0.396. The Balaban J connectivity index is 1.36. The third kappa shape index (κ3) is 4.72. The molecule has 0 aliphatic carbocycles. The Morgan fingerprint density at radius 2 is 1.75 bits per heavy atom. The lowest BCUT2D eigenvalue weighted by molar-refractivity contribution is -0.121. The van der Waals surface area contributed by atoms with Crippen molar-refractivity contribution in [3.05, 3.63) is 53.1 Å². The van der Waals surface area contributed by atoms with Gasteiger partial charge in [-0.15, -0.1) is 0 Å². The molecule has 168 valence electrons. The summed E-state index contributed by atoms with van der Waals surface area (Å²) in [5.41, 5.74) is 1.94. The molecule has 32 heavy (non-hydrogen) atoms. The highest BCUT2D eigenvalue weighted by atomic mass is 35.5. The third-order valence-corrected chi connectivity index (χ3v) is 6.14. The van der Waals surface area contributed by atoms with Gasteiger partial charge in [0, 0.05) is 35.3 Å². The number of halogens is 1. The number of Topliss-reactive ketones (excluding diaryl/α,β-unsaturated/α-hetero) is 1. The summed E-state index contributed by atoms with van der Waals surface area (Å²) in [6.07, 6.45) is 1.06. The first-order valence-electron chi connectivity index (χ1n) is 10.8. The van der Waals surface area contributed by atoms with Crippen molar-refractivity contribution in [1.82, 2.24) is 4.90 Å². The predicted molar refractivity (Wildman–Crippen MR) is 124 cm³/mol. The molecule has 0 bridgehead atoms. The Labute approximate surface area is 192 Å². The summed E-state index contributed by atoms with van der Waals surface area (Å²) in [7, 11) is 0. The van der Waals surface area contributed by atoms with Crippen LogP contribution in [0.25, 0.3) is 0 Å². The van der Waals surface area contributed by atoms with Crippen molar-refractivity contribution in [2.45, 2.75) is 32.8 Å². The lowest BCUT2D eigenvalue weighted by Crippen LogP contribution is -2.51. The fourth-order valence-corrected chi connectivity index (χ4v) is 4.29. The highest BCUT2D eigenvalue weighted by molar-refractivity contribution is 6.31. The standard InChI is InChI=1S/C24H26ClN3O4/c1-15-14-28(21-13-19(25)5-8-22(21)32-15)24(31)27-11-9-18(10-12-27)23(30)26-20-6-3-17(4-7-20)16(2)29/h3-8,13,15,18H,9-12,14H2,1-2H3,(H,26,30). The number of rotatable bonds is 3. The van der Waals surface area contributed by atoms with E-state index in [-0.39, 0.29) is 29.7 Å². The quantitative estimate of drug-likeness (QED) is 0.686. The van der Waals surface area contributed by atoms with Crippen LogP contribution in [-0.4, -0.2) is 48.4 Å². The minimum atomic E-state index is -0.170. The molecule has 1 unspecified atom stereocenters. The maximum atomic E-state index is 13.3. The second-order valence-electron chi connectivity index (χ2n) is 8.32. The van der Waals surface area contributed by atoms with Crippen LogP contribution in [0.1, 0.15) is 37.0 Å². The number of ketones is 1. The Hall–Kier alpha value is -3.06. The maximum Gasteiger partial charge on any atom is 0.324 e. The molecule has 0 spiro atoms. The molecule has 8 heteroatoms. The van der Waals surface area contributed by atoms with Gasteiger partial charge in [-0.2, -0.15) is 0 Å². The van der Waals surface area contributed by atoms with E-state index in [1.165, 1.54) is 6.92 Å². The third-order valence-electron chi connectivity index (χ3n) is 5.91. The molecule has 2 aliphatic heterocycles. The highest BCUT2D eigenvalue weighted by Crippen LogP contribution is 2.36. The van der Waals surface area contributed by atoms with E-state index in [0.29, 0.717) is 60.2 Å². The van der Waals surface area contributed by atoms with Gasteiger partial charge in [-0.3, -0.25) is 14.5 Å². The molecule has 7 nitrogen and oxygen atoms in total. The molecule has 1 fully saturated rings. The zero-order chi connectivity index (χ0) is 22.8. The van der Waals surface area contributed by atoms with Crippen LogP contribution in [0.2, 0.25) is 5.02 Å². The number of nitrogens with zero attached hydrogens (tertiary/aromatic N) is 2. The van der Waals surface area contributed by atoms with Gasteiger partial charge in [-0.05, 0) is 69.2 Å². The first-order valence-corrected chi connectivity index (χ1v) is 11.1. The van der Waals surface area contributed by atoms with Gasteiger partial charge >= 0.3 is 6.03 Å². The van der Waals surface area contributed by atoms with Crippen LogP contribution in [0.5, 0.6) is 5.75 Å². The van der Waals surface area contributed by atoms with Gasteiger partial charge in [0.05, 0.1) is 12.2 Å². The van der Waals surface area contributed by atoms with E-state index in [1.54, 1.807) is 52.3 Å². The van der Waals surface area contributed by atoms with Crippen LogP contribution < -0.4 is 15.0 Å². The number of nitrogens with one attached hydrogen (secondary N) is 1. The van der Waals surface area contributed by atoms with Crippen molar-refractivity contribution in [2.75, 3.05) is 29.9 Å². The smallest absolute Gasteiger partial charge is 0.324 e. The number of ether oxygens (including phenoxy) is 1. The van der Waals surface area contributed by atoms with Gasteiger partial charge in [-0.1, -0.05) is 11.6 Å². The minimum Gasteiger partial charge on any atom is -0.487 e. The van der Waals surface area contributed by atoms with Gasteiger partial charge in [0.1, 0.15) is 11.9 Å². The average Bonchev–Trinajstić information content (AvgIpc) is 2.79. The molecular weight excluding hydrogens is 430 g/mol. The van der Waals surface area contributed by atoms with Crippen molar-refractivity contribution in [2.24, 2.45) is 5.92 Å². The molecular formula is C24H26ClN3O4. The van der Waals surface area contributed by atoms with Crippen LogP contribution in [0.3, 0.4) is 0 Å². The summed E-state index contributed by atoms with van der Waals surface area (Å²) in [4.78, 5) is 40.8. The summed E-state index contributed by atoms with van der Waals surface area (Å²) < 4.78 is 5.84. The number of likely N-dealkylation sites (tertiary alicyclic amines) is 1. The number of carbonyl (C=O) groups is 3. The van der Waals surface area contributed by atoms with E-state index in [9.17, 15) is 14.4 Å². The molecule has 0 radical (unpaired) electrons. The maximum absolute atomic E-state index is 13.3. The second kappa shape index (κ2) is 9.20. The molecule has 3 amide bonds. The highest BCUT2D eigenvalue weighted by Gasteiger charge is 2.34. The number of anilines is 2. The summed E-state index contributed by atoms with van der Waals surface area (Å²) in [5, 5.41) is 3.46. The Bertz CT molecular complexity index is 1030. The van der Waals surface area contributed by atoms with Crippen LogP contribution >= 0.6 is 11.6 Å². The molecule has 1 saturated heterocycles. The zero-order valence-electron chi connectivity index (χ0n) is 18.1. The monoisotopic (exact) mass is 455 g/mol. The number of hydrogen-bond acceptors (Lipinski definition) is 4. The predicted octanol–water partition coefficient (Wildman–Crippen LogP) is 4.60. The molecule has 2 aromatic rings. The fourth-order valence-electron chi connectivity index (χ4n) is 4.13. The second-order valence-corrected chi connectivity index (χ2v) is 8.75. The number of benzene rings is 2. The summed E-state index contributed by atoms with van der Waals surface area (Å²) in [6.45, 7) is 4.89. The average molecular weight is 456 g/mol. The van der Waals surface area contributed by atoms with E-state index in [0.717, 1.165) is 0 Å². The first-order chi connectivity index (χ1) is 15.3. The van der Waals surface area contributed by atoms with Gasteiger partial charge in [0.25, 0.3) is 0 Å². The topological polar surface area (TPSA) is 79.0 Å². The van der Waals surface area contributed by atoms with Crippen molar-refractivity contribution in [3.63, 3.8) is 0 Å². The van der Waals surface area contributed by atoms with Gasteiger partial charge in [0.2, 0.25) is 5.91 Å². The van der Waals surface area contributed by atoms with Crippen molar-refractivity contribution in [3.8, 4) is 5.75 Å². The molecule has 1 atom stereocenters. The van der Waals surface area contributed by atoms with E-state index in [4.69, 9.17) is 16.3 Å². The fraction of sp³-hybridized carbons (Fsp3) is 0.375. The molecule has 2 aliphatic rings. The number of carbonyl (C=O) groups excluding carboxylic acids is 3.